The molecule has 0 saturated carbocycles. The molecule has 1 saturated heterocycles. The first-order valence-corrected chi connectivity index (χ1v) is 6.08. The summed E-state index contributed by atoms with van der Waals surface area (Å²) in [6.45, 7) is 3.88. The number of hydrogen-bond acceptors (Lipinski definition) is 2. The second kappa shape index (κ2) is 5.46. The van der Waals surface area contributed by atoms with Gasteiger partial charge in [-0.1, -0.05) is 37.3 Å². The molecule has 1 aliphatic heterocycles. The molecule has 0 aliphatic carbocycles. The molecule has 3 unspecified atom stereocenters. The number of aliphatic hydroxyl groups excluding tert-OH is 1. The van der Waals surface area contributed by atoms with Crippen LogP contribution in [-0.4, -0.2) is 18.3 Å². The van der Waals surface area contributed by atoms with E-state index in [9.17, 15) is 5.11 Å². The molecule has 2 nitrogen and oxygen atoms in total. The highest BCUT2D eigenvalue weighted by Gasteiger charge is 2.23. The molecule has 1 aromatic rings. The Hall–Kier alpha value is -0.860. The summed E-state index contributed by atoms with van der Waals surface area (Å²) in [5.74, 6) is 0.933. The summed E-state index contributed by atoms with van der Waals surface area (Å²) < 4.78 is 5.36. The third-order valence-corrected chi connectivity index (χ3v) is 3.41. The summed E-state index contributed by atoms with van der Waals surface area (Å²) in [6, 6.07) is 9.91. The van der Waals surface area contributed by atoms with Crippen molar-refractivity contribution in [3.63, 3.8) is 0 Å². The molecule has 0 amide bonds. The van der Waals surface area contributed by atoms with E-state index in [-0.39, 0.29) is 6.10 Å². The van der Waals surface area contributed by atoms with Crippen LogP contribution >= 0.6 is 0 Å². The molecule has 2 rings (SSSR count). The van der Waals surface area contributed by atoms with Gasteiger partial charge in [0, 0.05) is 13.2 Å². The number of ether oxygens (including phenoxy) is 1. The first kappa shape index (κ1) is 11.6. The van der Waals surface area contributed by atoms with Gasteiger partial charge < -0.3 is 9.84 Å². The quantitative estimate of drug-likeness (QED) is 0.845. The van der Waals surface area contributed by atoms with Crippen LogP contribution in [0.25, 0.3) is 0 Å². The Bertz CT molecular complexity index is 304. The lowest BCUT2D eigenvalue weighted by atomic mass is 9.88. The third-order valence-electron chi connectivity index (χ3n) is 3.41. The molecule has 0 aromatic heterocycles. The monoisotopic (exact) mass is 220 g/mol. The van der Waals surface area contributed by atoms with E-state index < -0.39 is 0 Å². The van der Waals surface area contributed by atoms with Gasteiger partial charge in [0.2, 0.25) is 0 Å². The van der Waals surface area contributed by atoms with Crippen LogP contribution in [0.1, 0.15) is 31.4 Å². The van der Waals surface area contributed by atoms with Crippen LogP contribution in [0.3, 0.4) is 0 Å². The Morgan fingerprint density at radius 3 is 2.75 bits per heavy atom. The lowest BCUT2D eigenvalue weighted by Crippen LogP contribution is -2.14. The summed E-state index contributed by atoms with van der Waals surface area (Å²) in [4.78, 5) is 0. The molecule has 16 heavy (non-hydrogen) atoms. The van der Waals surface area contributed by atoms with Gasteiger partial charge in [0.05, 0.1) is 6.10 Å². The van der Waals surface area contributed by atoms with Crippen molar-refractivity contribution in [2.75, 3.05) is 13.2 Å². The largest absolute Gasteiger partial charge is 0.388 e. The Morgan fingerprint density at radius 2 is 2.12 bits per heavy atom. The lowest BCUT2D eigenvalue weighted by molar-refractivity contribution is 0.0981. The molecule has 2 heteroatoms. The Kier molecular flexibility index (Phi) is 3.97. The fraction of sp³-hybridized carbons (Fsp3) is 0.571. The number of rotatable bonds is 4. The van der Waals surface area contributed by atoms with E-state index in [0.717, 1.165) is 31.6 Å². The predicted octanol–water partition coefficient (Wildman–Crippen LogP) is 2.78. The van der Waals surface area contributed by atoms with Crippen molar-refractivity contribution in [2.24, 2.45) is 11.8 Å². The van der Waals surface area contributed by atoms with Gasteiger partial charge in [-0.3, -0.25) is 0 Å². The Balaban J connectivity index is 1.91. The minimum absolute atomic E-state index is 0.300. The summed E-state index contributed by atoms with van der Waals surface area (Å²) in [7, 11) is 0. The molecule has 0 radical (unpaired) electrons. The van der Waals surface area contributed by atoms with E-state index in [0.29, 0.717) is 11.8 Å². The fourth-order valence-corrected chi connectivity index (χ4v) is 2.40. The smallest absolute Gasteiger partial charge is 0.0815 e. The van der Waals surface area contributed by atoms with E-state index in [1.807, 2.05) is 30.3 Å². The Labute approximate surface area is 97.3 Å². The molecule has 1 heterocycles. The number of hydrogen-bond donors (Lipinski definition) is 1. The summed E-state index contributed by atoms with van der Waals surface area (Å²) >= 11 is 0. The average molecular weight is 220 g/mol. The van der Waals surface area contributed by atoms with Crippen molar-refractivity contribution in [3.8, 4) is 0 Å². The third kappa shape index (κ3) is 2.83. The van der Waals surface area contributed by atoms with Gasteiger partial charge in [-0.05, 0) is 30.2 Å². The number of aliphatic hydroxyl groups is 1. The van der Waals surface area contributed by atoms with Gasteiger partial charge in [0.25, 0.3) is 0 Å². The van der Waals surface area contributed by atoms with E-state index in [1.54, 1.807) is 0 Å². The molecule has 1 fully saturated rings. The zero-order chi connectivity index (χ0) is 11.4. The lowest BCUT2D eigenvalue weighted by Gasteiger charge is -2.21. The maximum Gasteiger partial charge on any atom is 0.0815 e. The average Bonchev–Trinajstić information content (AvgIpc) is 2.82. The van der Waals surface area contributed by atoms with Gasteiger partial charge in [0.1, 0.15) is 0 Å². The summed E-state index contributed by atoms with van der Waals surface area (Å²) in [6.07, 6.45) is 1.85. The topological polar surface area (TPSA) is 29.5 Å². The van der Waals surface area contributed by atoms with Crippen molar-refractivity contribution >= 4 is 0 Å². The van der Waals surface area contributed by atoms with Gasteiger partial charge >= 0.3 is 0 Å². The van der Waals surface area contributed by atoms with Crippen LogP contribution in [0.4, 0.5) is 0 Å². The molecular formula is C14H20O2. The maximum atomic E-state index is 10.2. The standard InChI is InChI=1S/C14H20O2/c1-11(9-12-7-8-16-10-12)14(15)13-5-3-2-4-6-13/h2-6,11-12,14-15H,7-10H2,1H3. The van der Waals surface area contributed by atoms with Gasteiger partial charge in [-0.25, -0.2) is 0 Å². The molecular weight excluding hydrogens is 200 g/mol. The van der Waals surface area contributed by atoms with Gasteiger partial charge in [0.15, 0.2) is 0 Å². The van der Waals surface area contributed by atoms with Crippen LogP contribution in [0.5, 0.6) is 0 Å². The molecule has 0 spiro atoms. The van der Waals surface area contributed by atoms with Crippen LogP contribution in [0.2, 0.25) is 0 Å². The van der Waals surface area contributed by atoms with Crippen molar-refractivity contribution < 1.29 is 9.84 Å². The van der Waals surface area contributed by atoms with E-state index in [4.69, 9.17) is 4.74 Å². The first-order chi connectivity index (χ1) is 7.77. The van der Waals surface area contributed by atoms with Crippen molar-refractivity contribution in [1.82, 2.24) is 0 Å². The van der Waals surface area contributed by atoms with E-state index in [2.05, 4.69) is 6.92 Å². The highest BCUT2D eigenvalue weighted by Crippen LogP contribution is 2.29. The van der Waals surface area contributed by atoms with Gasteiger partial charge in [-0.15, -0.1) is 0 Å². The highest BCUT2D eigenvalue weighted by molar-refractivity contribution is 5.17. The Morgan fingerprint density at radius 1 is 1.38 bits per heavy atom. The zero-order valence-electron chi connectivity index (χ0n) is 9.80. The summed E-state index contributed by atoms with van der Waals surface area (Å²) in [5, 5.41) is 10.2. The van der Waals surface area contributed by atoms with E-state index >= 15 is 0 Å². The van der Waals surface area contributed by atoms with Crippen LogP contribution in [0.15, 0.2) is 30.3 Å². The minimum Gasteiger partial charge on any atom is -0.388 e. The molecule has 88 valence electrons. The zero-order valence-corrected chi connectivity index (χ0v) is 9.80. The summed E-state index contributed by atoms with van der Waals surface area (Å²) in [5.41, 5.74) is 1.02. The predicted molar refractivity (Wildman–Crippen MR) is 64.1 cm³/mol. The second-order valence-corrected chi connectivity index (χ2v) is 4.80. The van der Waals surface area contributed by atoms with E-state index in [1.165, 1.54) is 0 Å². The molecule has 0 bridgehead atoms. The molecule has 1 aliphatic rings. The van der Waals surface area contributed by atoms with Crippen molar-refractivity contribution in [3.05, 3.63) is 35.9 Å². The van der Waals surface area contributed by atoms with Crippen LogP contribution < -0.4 is 0 Å². The minimum atomic E-state index is -0.346. The molecule has 3 atom stereocenters. The maximum absolute atomic E-state index is 10.2. The molecule has 1 aromatic carbocycles. The highest BCUT2D eigenvalue weighted by atomic mass is 16.5. The first-order valence-electron chi connectivity index (χ1n) is 6.08. The normalized spacial score (nSPS) is 24.2. The van der Waals surface area contributed by atoms with Crippen LogP contribution in [0, 0.1) is 11.8 Å². The van der Waals surface area contributed by atoms with Crippen LogP contribution in [-0.2, 0) is 4.74 Å². The van der Waals surface area contributed by atoms with Crippen molar-refractivity contribution in [1.29, 1.82) is 0 Å². The molecule has 1 N–H and O–H groups in total. The number of benzene rings is 1. The SMILES string of the molecule is CC(CC1CCOC1)C(O)c1ccccc1. The second-order valence-electron chi connectivity index (χ2n) is 4.80. The fourth-order valence-electron chi connectivity index (χ4n) is 2.40. The van der Waals surface area contributed by atoms with Crippen molar-refractivity contribution in [2.45, 2.75) is 25.9 Å². The van der Waals surface area contributed by atoms with Gasteiger partial charge in [-0.2, -0.15) is 0 Å².